The monoisotopic (exact) mass is 422 g/mol. The fraction of sp³-hybridized carbons (Fsp3) is 0.300. The third kappa shape index (κ3) is 4.85. The van der Waals surface area contributed by atoms with E-state index < -0.39 is 0 Å². The molecule has 2 atom stereocenters. The van der Waals surface area contributed by atoms with E-state index in [9.17, 15) is 0 Å². The first-order valence-electron chi connectivity index (χ1n) is 11.8. The zero-order valence-corrected chi connectivity index (χ0v) is 19.6. The Morgan fingerprint density at radius 3 is 2.09 bits per heavy atom. The second kappa shape index (κ2) is 9.99. The van der Waals surface area contributed by atoms with Gasteiger partial charge < -0.3 is 5.32 Å². The van der Waals surface area contributed by atoms with Crippen molar-refractivity contribution in [2.24, 2.45) is 5.92 Å². The van der Waals surface area contributed by atoms with Crippen LogP contribution in [-0.4, -0.2) is 4.98 Å². The summed E-state index contributed by atoms with van der Waals surface area (Å²) < 4.78 is 0. The van der Waals surface area contributed by atoms with E-state index in [4.69, 9.17) is 4.98 Å². The molecule has 164 valence electrons. The quantitative estimate of drug-likeness (QED) is 0.414. The van der Waals surface area contributed by atoms with Crippen molar-refractivity contribution in [2.75, 3.05) is 5.32 Å². The molecule has 1 aliphatic carbocycles. The number of nitrogens with one attached hydrogen (secondary N) is 1. The summed E-state index contributed by atoms with van der Waals surface area (Å²) in [5.74, 6) is 1.24. The minimum atomic E-state index is 0.0947. The van der Waals surface area contributed by atoms with E-state index in [1.54, 1.807) is 0 Å². The van der Waals surface area contributed by atoms with Gasteiger partial charge in [0.05, 0.1) is 17.4 Å². The summed E-state index contributed by atoms with van der Waals surface area (Å²) in [5, 5.41) is 4.00. The molecule has 0 saturated heterocycles. The molecular weight excluding hydrogens is 388 g/mol. The third-order valence-corrected chi connectivity index (χ3v) is 6.27. The van der Waals surface area contributed by atoms with Gasteiger partial charge in [-0.1, -0.05) is 107 Å². The lowest BCUT2D eigenvalue weighted by molar-refractivity contribution is 0.543. The molecule has 1 heterocycles. The van der Waals surface area contributed by atoms with Gasteiger partial charge in [0.25, 0.3) is 0 Å². The van der Waals surface area contributed by atoms with Gasteiger partial charge in [0.1, 0.15) is 0 Å². The summed E-state index contributed by atoms with van der Waals surface area (Å²) in [7, 11) is 0. The minimum absolute atomic E-state index is 0.0947. The molecule has 0 aliphatic heterocycles. The zero-order chi connectivity index (χ0) is 22.5. The van der Waals surface area contributed by atoms with Crippen LogP contribution in [0.1, 0.15) is 68.8 Å². The molecule has 1 N–H and O–H groups in total. The number of rotatable bonds is 7. The summed E-state index contributed by atoms with van der Waals surface area (Å²) in [6.45, 7) is 9.10. The highest BCUT2D eigenvalue weighted by molar-refractivity contribution is 5.62. The smallest absolute Gasteiger partial charge is 0.0751 e. The molecule has 0 saturated carbocycles. The van der Waals surface area contributed by atoms with Crippen molar-refractivity contribution < 1.29 is 0 Å². The van der Waals surface area contributed by atoms with Crippen LogP contribution in [0.4, 0.5) is 5.69 Å². The maximum atomic E-state index is 5.14. The van der Waals surface area contributed by atoms with Crippen LogP contribution in [0.5, 0.6) is 0 Å². The number of nitrogens with zero attached hydrogens (tertiary/aromatic N) is 1. The van der Waals surface area contributed by atoms with Crippen LogP contribution in [0, 0.1) is 5.92 Å². The number of hydrogen-bond acceptors (Lipinski definition) is 2. The van der Waals surface area contributed by atoms with Crippen LogP contribution < -0.4 is 5.32 Å². The summed E-state index contributed by atoms with van der Waals surface area (Å²) >= 11 is 0. The van der Waals surface area contributed by atoms with Gasteiger partial charge in [-0.2, -0.15) is 0 Å². The van der Waals surface area contributed by atoms with Gasteiger partial charge in [-0.3, -0.25) is 4.98 Å². The zero-order valence-electron chi connectivity index (χ0n) is 19.6. The average Bonchev–Trinajstić information content (AvgIpc) is 2.83. The van der Waals surface area contributed by atoms with Crippen LogP contribution >= 0.6 is 0 Å². The highest BCUT2D eigenvalue weighted by Crippen LogP contribution is 2.38. The van der Waals surface area contributed by atoms with Gasteiger partial charge in [0.15, 0.2) is 0 Å². The van der Waals surface area contributed by atoms with E-state index in [0.717, 1.165) is 23.4 Å². The molecular formula is C30H34N2. The molecule has 4 rings (SSSR count). The molecule has 0 fully saturated rings. The molecule has 0 radical (unpaired) electrons. The number of allylic oxidation sites excluding steroid dienone is 3. The average molecular weight is 423 g/mol. The molecule has 2 nitrogen and oxygen atoms in total. The Morgan fingerprint density at radius 1 is 0.781 bits per heavy atom. The number of anilines is 1. The number of benzene rings is 2. The molecule has 0 amide bonds. The van der Waals surface area contributed by atoms with Crippen molar-refractivity contribution >= 4 is 5.69 Å². The van der Waals surface area contributed by atoms with Crippen molar-refractivity contribution in [3.63, 3.8) is 0 Å². The number of hydrogen-bond donors (Lipinski definition) is 1. The lowest BCUT2D eigenvalue weighted by Gasteiger charge is -2.31. The van der Waals surface area contributed by atoms with E-state index >= 15 is 0 Å². The summed E-state index contributed by atoms with van der Waals surface area (Å²) in [4.78, 5) is 5.14. The Morgan fingerprint density at radius 2 is 1.47 bits per heavy atom. The van der Waals surface area contributed by atoms with E-state index in [2.05, 4.69) is 118 Å². The van der Waals surface area contributed by atoms with Crippen molar-refractivity contribution in [2.45, 2.75) is 52.0 Å². The molecule has 0 bridgehead atoms. The Bertz CT molecular complexity index is 1070. The number of para-hydroxylation sites is 1. The Hall–Kier alpha value is -3.13. The number of pyridine rings is 1. The van der Waals surface area contributed by atoms with E-state index in [1.807, 2.05) is 6.07 Å². The van der Waals surface area contributed by atoms with Gasteiger partial charge in [-0.25, -0.2) is 0 Å². The van der Waals surface area contributed by atoms with E-state index in [-0.39, 0.29) is 6.04 Å². The SMILES string of the molecule is CC(C)c1cccc(C(C)C)c1NC(c1cccc(-c2ccccc2)n1)C1C=CC=CC1. The molecule has 32 heavy (non-hydrogen) atoms. The highest BCUT2D eigenvalue weighted by atomic mass is 15.0. The standard InChI is InChI=1S/C30H34N2/c1-21(2)25-17-11-18-26(22(3)4)30(25)32-29(24-15-9-6-10-16-24)28-20-12-19-27(31-28)23-13-7-5-8-14-23/h5-15,17-22,24,29,32H,16H2,1-4H3. The normalized spacial score (nSPS) is 16.5. The molecule has 2 unspecified atom stereocenters. The Labute approximate surface area is 193 Å². The first-order chi connectivity index (χ1) is 15.5. The molecule has 2 aromatic carbocycles. The van der Waals surface area contributed by atoms with E-state index in [1.165, 1.54) is 16.8 Å². The lowest BCUT2D eigenvalue weighted by Crippen LogP contribution is -2.23. The fourth-order valence-corrected chi connectivity index (χ4v) is 4.51. The van der Waals surface area contributed by atoms with Crippen LogP contribution in [0.25, 0.3) is 11.3 Å². The van der Waals surface area contributed by atoms with E-state index in [0.29, 0.717) is 17.8 Å². The lowest BCUT2D eigenvalue weighted by atomic mass is 9.87. The molecule has 3 aromatic rings. The van der Waals surface area contributed by atoms with Crippen LogP contribution in [-0.2, 0) is 0 Å². The summed E-state index contributed by atoms with van der Waals surface area (Å²) in [6, 6.07) is 23.7. The summed E-state index contributed by atoms with van der Waals surface area (Å²) in [5.41, 5.74) is 7.28. The largest absolute Gasteiger partial charge is 0.376 e. The third-order valence-electron chi connectivity index (χ3n) is 6.27. The van der Waals surface area contributed by atoms with Crippen LogP contribution in [0.15, 0.2) is 91.0 Å². The maximum absolute atomic E-state index is 5.14. The van der Waals surface area contributed by atoms with Gasteiger partial charge in [-0.05, 0) is 41.5 Å². The topological polar surface area (TPSA) is 24.9 Å². The molecule has 0 spiro atoms. The van der Waals surface area contributed by atoms with Crippen molar-refractivity contribution in [1.82, 2.24) is 4.98 Å². The van der Waals surface area contributed by atoms with Gasteiger partial charge in [-0.15, -0.1) is 0 Å². The first kappa shape index (κ1) is 22.1. The second-order valence-corrected chi connectivity index (χ2v) is 9.27. The van der Waals surface area contributed by atoms with Gasteiger partial charge in [0, 0.05) is 17.2 Å². The first-order valence-corrected chi connectivity index (χ1v) is 11.8. The predicted octanol–water partition coefficient (Wildman–Crippen LogP) is 8.28. The van der Waals surface area contributed by atoms with Crippen LogP contribution in [0.3, 0.4) is 0 Å². The Balaban J connectivity index is 1.79. The van der Waals surface area contributed by atoms with Gasteiger partial charge >= 0.3 is 0 Å². The van der Waals surface area contributed by atoms with Crippen molar-refractivity contribution in [3.8, 4) is 11.3 Å². The van der Waals surface area contributed by atoms with Crippen LogP contribution in [0.2, 0.25) is 0 Å². The molecule has 1 aromatic heterocycles. The predicted molar refractivity (Wildman–Crippen MR) is 137 cm³/mol. The van der Waals surface area contributed by atoms with Gasteiger partial charge in [0.2, 0.25) is 0 Å². The Kier molecular flexibility index (Phi) is 6.90. The molecule has 1 aliphatic rings. The fourth-order valence-electron chi connectivity index (χ4n) is 4.51. The van der Waals surface area contributed by atoms with Crippen molar-refractivity contribution in [3.05, 3.63) is 108 Å². The second-order valence-electron chi connectivity index (χ2n) is 9.27. The van der Waals surface area contributed by atoms with Crippen molar-refractivity contribution in [1.29, 1.82) is 0 Å². The highest BCUT2D eigenvalue weighted by Gasteiger charge is 2.26. The summed E-state index contributed by atoms with van der Waals surface area (Å²) in [6.07, 6.45) is 9.90. The number of aromatic nitrogens is 1. The molecule has 2 heteroatoms. The maximum Gasteiger partial charge on any atom is 0.0751 e. The minimum Gasteiger partial charge on any atom is -0.376 e.